The highest BCUT2D eigenvalue weighted by atomic mass is 19.1. The molecule has 0 aliphatic heterocycles. The van der Waals surface area contributed by atoms with Crippen molar-refractivity contribution in [3.8, 4) is 5.75 Å². The van der Waals surface area contributed by atoms with Crippen molar-refractivity contribution in [1.29, 1.82) is 0 Å². The smallest absolute Gasteiger partial charge is 0.255 e. The van der Waals surface area contributed by atoms with E-state index < -0.39 is 0 Å². The summed E-state index contributed by atoms with van der Waals surface area (Å²) in [5, 5.41) is 3.14. The van der Waals surface area contributed by atoms with Crippen LogP contribution in [0.4, 0.5) is 4.39 Å². The molecule has 2 N–H and O–H groups in total. The predicted molar refractivity (Wildman–Crippen MR) is 134 cm³/mol. The van der Waals surface area contributed by atoms with E-state index in [9.17, 15) is 9.18 Å². The van der Waals surface area contributed by atoms with Gasteiger partial charge >= 0.3 is 0 Å². The first-order valence-electron chi connectivity index (χ1n) is 11.4. The number of carbonyl (C=O) groups excluding carboxylic acids is 1. The average molecular weight is 466 g/mol. The number of H-pyrrole nitrogens is 1. The number of ether oxygens (including phenoxy) is 1. The summed E-state index contributed by atoms with van der Waals surface area (Å²) < 4.78 is 19.1. The van der Waals surface area contributed by atoms with Crippen molar-refractivity contribution < 1.29 is 13.9 Å². The van der Waals surface area contributed by atoms with Crippen molar-refractivity contribution in [3.63, 3.8) is 0 Å². The predicted octanol–water partition coefficient (Wildman–Crippen LogP) is 5.99. The van der Waals surface area contributed by atoms with Crippen LogP contribution in [0.15, 0.2) is 103 Å². The van der Waals surface area contributed by atoms with Crippen molar-refractivity contribution in [2.45, 2.75) is 19.1 Å². The molecular formula is C29H24FN3O2. The van der Waals surface area contributed by atoms with Crippen LogP contribution >= 0.6 is 0 Å². The molecule has 4 aromatic carbocycles. The lowest BCUT2D eigenvalue weighted by atomic mass is 10.0. The standard InChI is InChI=1S/C29H24FN3O2/c30-22-16-14-21(15-17-22)19-35-27-13-7-4-10-23(27)29(34)33-26(18-20-8-2-1-3-9-20)28-31-24-11-5-6-12-25(24)32-28/h1-17,26H,18-19H2,(H,31,32)(H,33,34). The molecule has 0 saturated heterocycles. The number of aromatic amines is 1. The average Bonchev–Trinajstić information content (AvgIpc) is 3.33. The van der Waals surface area contributed by atoms with Gasteiger partial charge in [0.1, 0.15) is 24.0 Å². The molecular weight excluding hydrogens is 441 g/mol. The van der Waals surface area contributed by atoms with Crippen molar-refractivity contribution >= 4 is 16.9 Å². The number of aromatic nitrogens is 2. The van der Waals surface area contributed by atoms with E-state index in [1.54, 1.807) is 30.3 Å². The summed E-state index contributed by atoms with van der Waals surface area (Å²) in [7, 11) is 0. The Morgan fingerprint density at radius 3 is 2.37 bits per heavy atom. The third-order valence-corrected chi connectivity index (χ3v) is 5.77. The Balaban J connectivity index is 1.39. The van der Waals surface area contributed by atoms with E-state index in [1.807, 2.05) is 60.7 Å². The quantitative estimate of drug-likeness (QED) is 0.296. The molecule has 0 radical (unpaired) electrons. The lowest BCUT2D eigenvalue weighted by Crippen LogP contribution is -2.31. The second-order valence-electron chi connectivity index (χ2n) is 8.27. The van der Waals surface area contributed by atoms with Gasteiger partial charge in [-0.15, -0.1) is 0 Å². The molecule has 0 saturated carbocycles. The van der Waals surface area contributed by atoms with Gasteiger partial charge in [0.25, 0.3) is 5.91 Å². The first-order valence-corrected chi connectivity index (χ1v) is 11.4. The van der Waals surface area contributed by atoms with Gasteiger partial charge in [-0.1, -0.05) is 66.7 Å². The maximum atomic E-state index is 13.4. The SMILES string of the molecule is O=C(NC(Cc1ccccc1)c1nc2ccccc2[nH]1)c1ccccc1OCc1ccc(F)cc1. The monoisotopic (exact) mass is 465 g/mol. The Labute approximate surface area is 202 Å². The minimum absolute atomic E-state index is 0.224. The molecule has 35 heavy (non-hydrogen) atoms. The van der Waals surface area contributed by atoms with E-state index in [1.165, 1.54) is 12.1 Å². The van der Waals surface area contributed by atoms with E-state index in [0.29, 0.717) is 23.6 Å². The Bertz CT molecular complexity index is 1400. The van der Waals surface area contributed by atoms with Crippen LogP contribution in [-0.2, 0) is 13.0 Å². The van der Waals surface area contributed by atoms with Gasteiger partial charge in [-0.3, -0.25) is 4.79 Å². The van der Waals surface area contributed by atoms with Gasteiger partial charge < -0.3 is 15.0 Å². The minimum atomic E-state index is -0.373. The number of carbonyl (C=O) groups is 1. The number of rotatable bonds is 8. The van der Waals surface area contributed by atoms with Crippen LogP contribution in [0.1, 0.15) is 33.4 Å². The molecule has 0 aliphatic rings. The molecule has 0 bridgehead atoms. The first kappa shape index (κ1) is 22.3. The summed E-state index contributed by atoms with van der Waals surface area (Å²) in [6.45, 7) is 0.224. The summed E-state index contributed by atoms with van der Waals surface area (Å²) in [6, 6.07) is 30.6. The number of nitrogens with one attached hydrogen (secondary N) is 2. The highest BCUT2D eigenvalue weighted by molar-refractivity contribution is 5.97. The molecule has 1 aromatic heterocycles. The van der Waals surface area contributed by atoms with E-state index in [2.05, 4.69) is 10.3 Å². The molecule has 1 heterocycles. The first-order chi connectivity index (χ1) is 17.2. The summed E-state index contributed by atoms with van der Waals surface area (Å²) in [5.74, 6) is 0.579. The fourth-order valence-corrected chi connectivity index (χ4v) is 3.96. The van der Waals surface area contributed by atoms with E-state index in [0.717, 1.165) is 22.2 Å². The molecule has 0 spiro atoms. The molecule has 6 heteroatoms. The fraction of sp³-hybridized carbons (Fsp3) is 0.103. The van der Waals surface area contributed by atoms with Crippen LogP contribution in [0.3, 0.4) is 0 Å². The largest absolute Gasteiger partial charge is 0.488 e. The number of hydrogen-bond donors (Lipinski definition) is 2. The molecule has 174 valence electrons. The van der Waals surface area contributed by atoms with Crippen molar-refractivity contribution in [1.82, 2.24) is 15.3 Å². The Hall–Kier alpha value is -4.45. The van der Waals surface area contributed by atoms with E-state index in [4.69, 9.17) is 9.72 Å². The second kappa shape index (κ2) is 10.2. The lowest BCUT2D eigenvalue weighted by Gasteiger charge is -2.18. The van der Waals surface area contributed by atoms with Gasteiger partial charge in [-0.2, -0.15) is 0 Å². The molecule has 1 amide bonds. The molecule has 0 aliphatic carbocycles. The number of halogens is 1. The van der Waals surface area contributed by atoms with Crippen molar-refractivity contribution in [2.24, 2.45) is 0 Å². The van der Waals surface area contributed by atoms with Gasteiger partial charge in [-0.25, -0.2) is 9.37 Å². The number of imidazole rings is 1. The lowest BCUT2D eigenvalue weighted by molar-refractivity contribution is 0.0930. The number of benzene rings is 4. The summed E-state index contributed by atoms with van der Waals surface area (Å²) in [5.41, 5.74) is 4.07. The van der Waals surface area contributed by atoms with Crippen molar-refractivity contribution in [2.75, 3.05) is 0 Å². The topological polar surface area (TPSA) is 67.0 Å². The second-order valence-corrected chi connectivity index (χ2v) is 8.27. The molecule has 5 nitrogen and oxygen atoms in total. The number of para-hydroxylation sites is 3. The fourth-order valence-electron chi connectivity index (χ4n) is 3.96. The van der Waals surface area contributed by atoms with E-state index >= 15 is 0 Å². The normalized spacial score (nSPS) is 11.8. The van der Waals surface area contributed by atoms with Gasteiger partial charge in [0.2, 0.25) is 0 Å². The van der Waals surface area contributed by atoms with Crippen LogP contribution in [0.5, 0.6) is 5.75 Å². The number of nitrogens with zero attached hydrogens (tertiary/aromatic N) is 1. The third kappa shape index (κ3) is 5.38. The molecule has 1 atom stereocenters. The maximum absolute atomic E-state index is 13.4. The summed E-state index contributed by atoms with van der Waals surface area (Å²) >= 11 is 0. The maximum Gasteiger partial charge on any atom is 0.255 e. The van der Waals surface area contributed by atoms with Crippen molar-refractivity contribution in [3.05, 3.63) is 131 Å². The number of amides is 1. The zero-order chi connectivity index (χ0) is 24.0. The highest BCUT2D eigenvalue weighted by Crippen LogP contribution is 2.24. The highest BCUT2D eigenvalue weighted by Gasteiger charge is 2.22. The Morgan fingerprint density at radius 2 is 1.57 bits per heavy atom. The van der Waals surface area contributed by atoms with Crippen LogP contribution < -0.4 is 10.1 Å². The van der Waals surface area contributed by atoms with Gasteiger partial charge in [-0.05, 0) is 53.9 Å². The van der Waals surface area contributed by atoms with Gasteiger partial charge in [0.05, 0.1) is 22.6 Å². The summed E-state index contributed by atoms with van der Waals surface area (Å²) in [4.78, 5) is 21.5. The van der Waals surface area contributed by atoms with Gasteiger partial charge in [0.15, 0.2) is 0 Å². The number of hydrogen-bond acceptors (Lipinski definition) is 3. The summed E-state index contributed by atoms with van der Waals surface area (Å²) in [6.07, 6.45) is 0.574. The minimum Gasteiger partial charge on any atom is -0.488 e. The zero-order valence-corrected chi connectivity index (χ0v) is 18.9. The zero-order valence-electron chi connectivity index (χ0n) is 18.9. The van der Waals surface area contributed by atoms with Crippen LogP contribution in [0.25, 0.3) is 11.0 Å². The Morgan fingerprint density at radius 1 is 0.857 bits per heavy atom. The molecule has 1 unspecified atom stereocenters. The third-order valence-electron chi connectivity index (χ3n) is 5.77. The van der Waals surface area contributed by atoms with Crippen LogP contribution in [0, 0.1) is 5.82 Å². The molecule has 5 rings (SSSR count). The number of fused-ring (bicyclic) bond motifs is 1. The molecule has 0 fully saturated rings. The van der Waals surface area contributed by atoms with Gasteiger partial charge in [0, 0.05) is 0 Å². The van der Waals surface area contributed by atoms with Crippen LogP contribution in [0.2, 0.25) is 0 Å². The Kier molecular flexibility index (Phi) is 6.52. The molecule has 5 aromatic rings. The van der Waals surface area contributed by atoms with Crippen LogP contribution in [-0.4, -0.2) is 15.9 Å². The van der Waals surface area contributed by atoms with E-state index in [-0.39, 0.29) is 24.4 Å².